The van der Waals surface area contributed by atoms with Crippen molar-refractivity contribution in [3.63, 3.8) is 0 Å². The van der Waals surface area contributed by atoms with Gasteiger partial charge < -0.3 is 24.5 Å². The molecule has 9 nitrogen and oxygen atoms in total. The molecule has 2 N–H and O–H groups in total. The predicted octanol–water partition coefficient (Wildman–Crippen LogP) is 2.82. The van der Waals surface area contributed by atoms with Crippen LogP contribution in [0.1, 0.15) is 52.5 Å². The highest BCUT2D eigenvalue weighted by atomic mass is 16.6. The molecule has 1 aromatic carbocycles. The minimum atomic E-state index is -1.72. The van der Waals surface area contributed by atoms with Gasteiger partial charge in [0.2, 0.25) is 0 Å². The number of carbonyl (C=O) groups excluding carboxylic acids is 2. The van der Waals surface area contributed by atoms with E-state index in [9.17, 15) is 19.6 Å². The number of carbonyl (C=O) groups is 3. The van der Waals surface area contributed by atoms with Gasteiger partial charge in [0, 0.05) is 23.7 Å². The van der Waals surface area contributed by atoms with Gasteiger partial charge in [-0.2, -0.15) is 5.06 Å². The molecule has 0 saturated heterocycles. The topological polar surface area (TPSA) is 123 Å². The van der Waals surface area contributed by atoms with Gasteiger partial charge in [0.25, 0.3) is 0 Å². The maximum atomic E-state index is 12.0. The zero-order chi connectivity index (χ0) is 22.7. The molecule has 0 radical (unpaired) electrons. The molecule has 0 aromatic heterocycles. The lowest BCUT2D eigenvalue weighted by molar-refractivity contribution is -0.158. The smallest absolute Gasteiger partial charge is 0.422 e. The number of hydrogen-bond acceptors (Lipinski definition) is 8. The molecule has 9 heteroatoms. The van der Waals surface area contributed by atoms with E-state index in [1.54, 1.807) is 0 Å². The number of nitrogens with zero attached hydrogens (tertiary/aromatic N) is 1. The number of carboxylic acid groups (broad SMARTS) is 1. The molecule has 0 bridgehead atoms. The van der Waals surface area contributed by atoms with Crippen LogP contribution in [-0.4, -0.2) is 58.6 Å². The Labute approximate surface area is 176 Å². The van der Waals surface area contributed by atoms with Gasteiger partial charge in [-0.05, 0) is 39.7 Å². The van der Waals surface area contributed by atoms with Crippen molar-refractivity contribution in [2.24, 2.45) is 0 Å². The Kier molecular flexibility index (Phi) is 10.3. The molecule has 30 heavy (non-hydrogen) atoms. The first-order chi connectivity index (χ1) is 14.0. The fraction of sp³-hybridized carbons (Fsp3) is 0.571. The highest BCUT2D eigenvalue weighted by Crippen LogP contribution is 2.26. The van der Waals surface area contributed by atoms with Crippen LogP contribution < -0.4 is 9.47 Å². The molecule has 0 heterocycles. The molecule has 0 fully saturated rings. The first-order valence-electron chi connectivity index (χ1n) is 9.87. The summed E-state index contributed by atoms with van der Waals surface area (Å²) in [6.07, 6.45) is 2.12. The molecule has 1 rings (SSSR count). The molecule has 168 valence electrons. The summed E-state index contributed by atoms with van der Waals surface area (Å²) in [4.78, 5) is 34.0. The van der Waals surface area contributed by atoms with Crippen molar-refractivity contribution in [3.8, 4) is 11.5 Å². The minimum Gasteiger partial charge on any atom is -0.493 e. The van der Waals surface area contributed by atoms with Crippen molar-refractivity contribution in [2.75, 3.05) is 19.8 Å². The fourth-order valence-electron chi connectivity index (χ4n) is 2.30. The molecule has 0 saturated carbocycles. The highest BCUT2D eigenvalue weighted by Gasteiger charge is 2.19. The van der Waals surface area contributed by atoms with Gasteiger partial charge >= 0.3 is 17.9 Å². The number of ether oxygens (including phenoxy) is 3. The Morgan fingerprint density at radius 2 is 1.80 bits per heavy atom. The Morgan fingerprint density at radius 3 is 2.40 bits per heavy atom. The average Bonchev–Trinajstić information content (AvgIpc) is 2.66. The zero-order valence-corrected chi connectivity index (χ0v) is 18.0. The van der Waals surface area contributed by atoms with E-state index < -0.39 is 23.4 Å². The van der Waals surface area contributed by atoms with Crippen LogP contribution in [0.15, 0.2) is 18.2 Å². The fourth-order valence-corrected chi connectivity index (χ4v) is 2.30. The van der Waals surface area contributed by atoms with E-state index in [2.05, 4.69) is 0 Å². The summed E-state index contributed by atoms with van der Waals surface area (Å²) in [5.41, 5.74) is 0.113. The second kappa shape index (κ2) is 12.1. The molecule has 0 unspecified atom stereocenters. The Balaban J connectivity index is 2.83. The molecule has 0 aliphatic rings. The summed E-state index contributed by atoms with van der Waals surface area (Å²) >= 11 is 0. The van der Waals surface area contributed by atoms with Gasteiger partial charge in [-0.25, -0.2) is 9.59 Å². The van der Waals surface area contributed by atoms with E-state index in [4.69, 9.17) is 19.3 Å². The molecule has 1 aromatic rings. The standard InChI is InChI=1S/C21H31NO8/c1-5-6-11-29-18(23)13-15-8-9-16(30-20(26)19(24)25)14-17(15)28-12-7-10-22(27)21(2,3)4/h8-9,14,27H,5-7,10-13H2,1-4H3,(H,24,25). The number of aliphatic carboxylic acids is 1. The number of unbranched alkanes of at least 4 members (excludes halogenated alkanes) is 1. The average molecular weight is 425 g/mol. The minimum absolute atomic E-state index is 0.0148. The molecular weight excluding hydrogens is 394 g/mol. The lowest BCUT2D eigenvalue weighted by Crippen LogP contribution is -2.39. The molecule has 0 amide bonds. The Hall–Kier alpha value is -2.65. The molecule has 0 aliphatic heterocycles. The van der Waals surface area contributed by atoms with Crippen LogP contribution in [0.3, 0.4) is 0 Å². The van der Waals surface area contributed by atoms with E-state index >= 15 is 0 Å². The van der Waals surface area contributed by atoms with E-state index in [0.29, 0.717) is 25.1 Å². The Bertz CT molecular complexity index is 726. The summed E-state index contributed by atoms with van der Waals surface area (Å²) in [5, 5.41) is 19.8. The van der Waals surface area contributed by atoms with Crippen LogP contribution in [0.4, 0.5) is 0 Å². The van der Waals surface area contributed by atoms with Crippen LogP contribution in [0.5, 0.6) is 11.5 Å². The molecular formula is C21H31NO8. The van der Waals surface area contributed by atoms with Crippen LogP contribution in [-0.2, 0) is 25.5 Å². The summed E-state index contributed by atoms with van der Waals surface area (Å²) in [5.74, 6) is -3.30. The van der Waals surface area contributed by atoms with Gasteiger partial charge in [0.05, 0.1) is 19.6 Å². The van der Waals surface area contributed by atoms with Crippen molar-refractivity contribution >= 4 is 17.9 Å². The summed E-state index contributed by atoms with van der Waals surface area (Å²) in [6.45, 7) is 8.53. The van der Waals surface area contributed by atoms with Crippen molar-refractivity contribution in [1.82, 2.24) is 5.06 Å². The summed E-state index contributed by atoms with van der Waals surface area (Å²) in [7, 11) is 0. The normalized spacial score (nSPS) is 11.3. The van der Waals surface area contributed by atoms with Crippen molar-refractivity contribution in [2.45, 2.75) is 58.9 Å². The number of hydroxylamine groups is 2. The third-order valence-electron chi connectivity index (χ3n) is 4.07. The number of hydrogen-bond donors (Lipinski definition) is 2. The maximum absolute atomic E-state index is 12.0. The highest BCUT2D eigenvalue weighted by molar-refractivity contribution is 6.29. The third kappa shape index (κ3) is 9.23. The summed E-state index contributed by atoms with van der Waals surface area (Å²) < 4.78 is 15.7. The van der Waals surface area contributed by atoms with Crippen LogP contribution in [0, 0.1) is 0 Å². The summed E-state index contributed by atoms with van der Waals surface area (Å²) in [6, 6.07) is 4.27. The number of benzene rings is 1. The van der Waals surface area contributed by atoms with Crippen LogP contribution in [0.2, 0.25) is 0 Å². The predicted molar refractivity (Wildman–Crippen MR) is 108 cm³/mol. The zero-order valence-electron chi connectivity index (χ0n) is 18.0. The molecule has 0 atom stereocenters. The van der Waals surface area contributed by atoms with Gasteiger partial charge in [-0.1, -0.05) is 19.4 Å². The molecule has 0 spiro atoms. The SMILES string of the molecule is CCCCOC(=O)Cc1ccc(OC(=O)C(=O)O)cc1OCCCN(O)C(C)(C)C. The van der Waals surface area contributed by atoms with Gasteiger partial charge in [0.1, 0.15) is 11.5 Å². The third-order valence-corrected chi connectivity index (χ3v) is 4.07. The lowest BCUT2D eigenvalue weighted by atomic mass is 10.1. The quantitative estimate of drug-likeness (QED) is 0.181. The molecule has 0 aliphatic carbocycles. The van der Waals surface area contributed by atoms with Crippen molar-refractivity contribution in [1.29, 1.82) is 0 Å². The monoisotopic (exact) mass is 425 g/mol. The largest absolute Gasteiger partial charge is 0.493 e. The first kappa shape index (κ1) is 25.4. The van der Waals surface area contributed by atoms with Gasteiger partial charge in [0.15, 0.2) is 0 Å². The number of esters is 2. The second-order valence-corrected chi connectivity index (χ2v) is 7.71. The number of rotatable bonds is 11. The van der Waals surface area contributed by atoms with Gasteiger partial charge in [-0.15, -0.1) is 0 Å². The number of carboxylic acids is 1. The maximum Gasteiger partial charge on any atom is 0.422 e. The Morgan fingerprint density at radius 1 is 1.10 bits per heavy atom. The van der Waals surface area contributed by atoms with Gasteiger partial charge in [-0.3, -0.25) is 4.79 Å². The van der Waals surface area contributed by atoms with Crippen LogP contribution in [0.25, 0.3) is 0 Å². The van der Waals surface area contributed by atoms with E-state index in [0.717, 1.165) is 12.8 Å². The van der Waals surface area contributed by atoms with E-state index in [-0.39, 0.29) is 24.5 Å². The first-order valence-corrected chi connectivity index (χ1v) is 9.87. The van der Waals surface area contributed by atoms with Crippen molar-refractivity contribution in [3.05, 3.63) is 23.8 Å². The lowest BCUT2D eigenvalue weighted by Gasteiger charge is -2.29. The van der Waals surface area contributed by atoms with E-state index in [1.807, 2.05) is 27.7 Å². The second-order valence-electron chi connectivity index (χ2n) is 7.71. The van der Waals surface area contributed by atoms with Crippen molar-refractivity contribution < 1.29 is 38.9 Å². The van der Waals surface area contributed by atoms with E-state index in [1.165, 1.54) is 23.3 Å². The van der Waals surface area contributed by atoms with Crippen LogP contribution >= 0.6 is 0 Å².